The fraction of sp³-hybridized carbons (Fsp3) is 0.784. The van der Waals surface area contributed by atoms with Crippen LogP contribution >= 0.6 is 0 Å². The molecular formula is C37H65N. The Hall–Kier alpha value is -1.44. The molecule has 0 saturated carbocycles. The van der Waals surface area contributed by atoms with Crippen LogP contribution in [0.1, 0.15) is 174 Å². The van der Waals surface area contributed by atoms with Gasteiger partial charge in [0.05, 0.1) is 0 Å². The molecule has 1 N–H and O–H groups in total. The average Bonchev–Trinajstić information content (AvgIpc) is 2.93. The van der Waals surface area contributed by atoms with Crippen LogP contribution in [-0.4, -0.2) is 13.1 Å². The van der Waals surface area contributed by atoms with Gasteiger partial charge in [-0.05, 0) is 50.5 Å². The van der Waals surface area contributed by atoms with Crippen molar-refractivity contribution in [1.82, 2.24) is 5.32 Å². The van der Waals surface area contributed by atoms with Crippen LogP contribution < -0.4 is 5.32 Å². The van der Waals surface area contributed by atoms with Crippen molar-refractivity contribution in [1.29, 1.82) is 0 Å². The van der Waals surface area contributed by atoms with E-state index in [1.165, 1.54) is 148 Å². The van der Waals surface area contributed by atoms with Gasteiger partial charge in [0.25, 0.3) is 0 Å². The first kappa shape index (κ1) is 36.6. The van der Waals surface area contributed by atoms with Gasteiger partial charge < -0.3 is 5.32 Å². The monoisotopic (exact) mass is 524 g/mol. The molecule has 0 fully saturated rings. The molecule has 0 rings (SSSR count). The Bertz CT molecular complexity index is 621. The van der Waals surface area contributed by atoms with E-state index in [4.69, 9.17) is 0 Å². The van der Waals surface area contributed by atoms with Gasteiger partial charge in [-0.25, -0.2) is 0 Å². The summed E-state index contributed by atoms with van der Waals surface area (Å²) < 4.78 is 0. The maximum atomic E-state index is 3.53. The summed E-state index contributed by atoms with van der Waals surface area (Å²) in [5.41, 5.74) is 0. The van der Waals surface area contributed by atoms with E-state index in [-0.39, 0.29) is 0 Å². The van der Waals surface area contributed by atoms with E-state index in [0.717, 1.165) is 25.9 Å². The van der Waals surface area contributed by atoms with Gasteiger partial charge in [0.2, 0.25) is 0 Å². The molecule has 0 amide bonds. The normalized spacial score (nSPS) is 11.1. The molecule has 0 aromatic carbocycles. The zero-order valence-electron chi connectivity index (χ0n) is 25.9. The summed E-state index contributed by atoms with van der Waals surface area (Å²) in [4.78, 5) is 0. The van der Waals surface area contributed by atoms with Gasteiger partial charge in [-0.2, -0.15) is 0 Å². The first-order chi connectivity index (χ1) is 18.9. The van der Waals surface area contributed by atoms with Gasteiger partial charge in [-0.1, -0.05) is 166 Å². The summed E-state index contributed by atoms with van der Waals surface area (Å²) in [5.74, 6) is 12.6. The molecule has 218 valence electrons. The van der Waals surface area contributed by atoms with Gasteiger partial charge in [0.15, 0.2) is 0 Å². The van der Waals surface area contributed by atoms with Crippen LogP contribution in [0.3, 0.4) is 0 Å². The van der Waals surface area contributed by atoms with Gasteiger partial charge in [0.1, 0.15) is 0 Å². The van der Waals surface area contributed by atoms with E-state index in [1.807, 2.05) is 0 Å². The Kier molecular flexibility index (Phi) is 34.2. The maximum Gasteiger partial charge on any atom is 0.0137 e. The summed E-state index contributed by atoms with van der Waals surface area (Å²) in [6, 6.07) is 0. The Morgan fingerprint density at radius 3 is 1.39 bits per heavy atom. The second-order valence-corrected chi connectivity index (χ2v) is 11.0. The van der Waals surface area contributed by atoms with Gasteiger partial charge in [-0.15, -0.1) is 0 Å². The van der Waals surface area contributed by atoms with Gasteiger partial charge in [0, 0.05) is 19.4 Å². The molecule has 0 spiro atoms. The third kappa shape index (κ3) is 34.6. The van der Waals surface area contributed by atoms with E-state index in [2.05, 4.69) is 67.2 Å². The minimum absolute atomic E-state index is 0.992. The molecule has 0 bridgehead atoms. The van der Waals surface area contributed by atoms with Crippen molar-refractivity contribution in [2.75, 3.05) is 13.1 Å². The number of rotatable bonds is 28. The lowest BCUT2D eigenvalue weighted by atomic mass is 10.1. The predicted octanol–water partition coefficient (Wildman–Crippen LogP) is 11.5. The second-order valence-electron chi connectivity index (χ2n) is 11.0. The van der Waals surface area contributed by atoms with Crippen molar-refractivity contribution in [3.8, 4) is 23.7 Å². The molecule has 0 aliphatic rings. The molecule has 0 aromatic heterocycles. The molecule has 0 aromatic rings. The van der Waals surface area contributed by atoms with Crippen molar-refractivity contribution in [2.24, 2.45) is 0 Å². The molecule has 1 nitrogen and oxygen atoms in total. The third-order valence-electron chi connectivity index (χ3n) is 7.17. The first-order valence-corrected chi connectivity index (χ1v) is 16.9. The minimum Gasteiger partial charge on any atom is -0.313 e. The Morgan fingerprint density at radius 2 is 0.868 bits per heavy atom. The number of allylic oxidation sites excluding steroid dienone is 3. The number of hydrogen-bond donors (Lipinski definition) is 1. The smallest absolute Gasteiger partial charge is 0.0137 e. The summed E-state index contributed by atoms with van der Waals surface area (Å²) in [6.07, 6.45) is 42.2. The quantitative estimate of drug-likeness (QED) is 0.0610. The lowest BCUT2D eigenvalue weighted by Gasteiger charge is -2.02. The van der Waals surface area contributed by atoms with Crippen LogP contribution in [0.5, 0.6) is 0 Å². The fourth-order valence-electron chi connectivity index (χ4n) is 4.63. The highest BCUT2D eigenvalue weighted by atomic mass is 14.8. The van der Waals surface area contributed by atoms with E-state index < -0.39 is 0 Å². The number of unbranched alkanes of at least 4 members (excludes halogenated alkanes) is 22. The maximum absolute atomic E-state index is 3.53. The topological polar surface area (TPSA) is 12.0 Å². The third-order valence-corrected chi connectivity index (χ3v) is 7.17. The van der Waals surface area contributed by atoms with E-state index in [9.17, 15) is 0 Å². The summed E-state index contributed by atoms with van der Waals surface area (Å²) >= 11 is 0. The summed E-state index contributed by atoms with van der Waals surface area (Å²) in [5, 5.41) is 3.53. The highest BCUT2D eigenvalue weighted by Gasteiger charge is 1.92. The SMILES string of the molecule is CCCCCCCCCC=CC=CCNCCCCCCCCCC#CC#CCCCCCCCCCC. The zero-order valence-corrected chi connectivity index (χ0v) is 25.9. The molecule has 0 atom stereocenters. The lowest BCUT2D eigenvalue weighted by molar-refractivity contribution is 0.568. The Labute approximate surface area is 240 Å². The van der Waals surface area contributed by atoms with Crippen molar-refractivity contribution in [3.05, 3.63) is 24.3 Å². The van der Waals surface area contributed by atoms with Crippen LogP contribution in [0.25, 0.3) is 0 Å². The van der Waals surface area contributed by atoms with E-state index in [1.54, 1.807) is 0 Å². The number of hydrogen-bond acceptors (Lipinski definition) is 1. The first-order valence-electron chi connectivity index (χ1n) is 16.9. The molecule has 1 heteroatoms. The largest absolute Gasteiger partial charge is 0.313 e. The molecular weight excluding hydrogens is 458 g/mol. The highest BCUT2D eigenvalue weighted by Crippen LogP contribution is 2.10. The predicted molar refractivity (Wildman–Crippen MR) is 173 cm³/mol. The molecule has 0 heterocycles. The Morgan fingerprint density at radius 1 is 0.447 bits per heavy atom. The van der Waals surface area contributed by atoms with Crippen LogP contribution in [0.4, 0.5) is 0 Å². The lowest BCUT2D eigenvalue weighted by Crippen LogP contribution is -2.14. The zero-order chi connectivity index (χ0) is 27.5. The van der Waals surface area contributed by atoms with Crippen LogP contribution in [0.2, 0.25) is 0 Å². The van der Waals surface area contributed by atoms with Gasteiger partial charge in [-0.3, -0.25) is 0 Å². The van der Waals surface area contributed by atoms with Crippen molar-refractivity contribution >= 4 is 0 Å². The fourth-order valence-corrected chi connectivity index (χ4v) is 4.63. The molecule has 0 unspecified atom stereocenters. The molecule has 0 saturated heterocycles. The Balaban J connectivity index is 3.27. The molecule has 0 radical (unpaired) electrons. The average molecular weight is 524 g/mol. The second kappa shape index (κ2) is 35.6. The van der Waals surface area contributed by atoms with Crippen LogP contribution in [0, 0.1) is 23.7 Å². The van der Waals surface area contributed by atoms with Gasteiger partial charge >= 0.3 is 0 Å². The molecule has 0 aliphatic carbocycles. The van der Waals surface area contributed by atoms with E-state index >= 15 is 0 Å². The van der Waals surface area contributed by atoms with Crippen LogP contribution in [-0.2, 0) is 0 Å². The molecule has 0 aliphatic heterocycles. The van der Waals surface area contributed by atoms with Crippen molar-refractivity contribution in [3.63, 3.8) is 0 Å². The standard InChI is InChI=1S/C37H65N/c1-3-5-7-9-11-13-15-17-18-19-20-21-22-23-24-25-27-29-31-33-35-37-38-36-34-32-30-28-26-16-14-12-10-8-6-4-2/h28,30,32,34,38H,3-18,23-27,29,31,33,35-37H2,1-2H3. The van der Waals surface area contributed by atoms with E-state index in [0.29, 0.717) is 0 Å². The van der Waals surface area contributed by atoms with Crippen molar-refractivity contribution < 1.29 is 0 Å². The minimum atomic E-state index is 0.992. The van der Waals surface area contributed by atoms with Crippen LogP contribution in [0.15, 0.2) is 24.3 Å². The summed E-state index contributed by atoms with van der Waals surface area (Å²) in [6.45, 7) is 6.69. The number of nitrogens with one attached hydrogen (secondary N) is 1. The molecule has 38 heavy (non-hydrogen) atoms. The van der Waals surface area contributed by atoms with Crippen molar-refractivity contribution in [2.45, 2.75) is 174 Å². The highest BCUT2D eigenvalue weighted by molar-refractivity contribution is 5.25. The summed E-state index contributed by atoms with van der Waals surface area (Å²) in [7, 11) is 0.